The number of benzene rings is 3. The van der Waals surface area contributed by atoms with Crippen LogP contribution >= 0.6 is 7.26 Å². The molecule has 3 aromatic rings. The standard InChI is InChI=1S/C27H30O2P/c1-3-4-5-15-22-26(27(28)29-2)30(23-16-9-6-10-17-23,24-18-11-7-12-19-24)25-20-13-8-14-21-25/h3,6-14,16-21,26H,1,4-5,15,22H2,2H3/q+1. The third-order valence-corrected chi connectivity index (χ3v) is 10.3. The molecule has 0 aliphatic heterocycles. The Morgan fingerprint density at radius 3 is 1.63 bits per heavy atom. The summed E-state index contributed by atoms with van der Waals surface area (Å²) in [6.07, 6.45) is 5.67. The van der Waals surface area contributed by atoms with Crippen LogP contribution in [0.25, 0.3) is 0 Å². The van der Waals surface area contributed by atoms with Gasteiger partial charge in [-0.3, -0.25) is 0 Å². The van der Waals surface area contributed by atoms with Gasteiger partial charge >= 0.3 is 5.97 Å². The first-order valence-electron chi connectivity index (χ1n) is 10.5. The summed E-state index contributed by atoms with van der Waals surface area (Å²) in [4.78, 5) is 13.3. The van der Waals surface area contributed by atoms with Gasteiger partial charge in [0, 0.05) is 0 Å². The molecule has 0 saturated heterocycles. The summed E-state index contributed by atoms with van der Waals surface area (Å²) >= 11 is 0. The van der Waals surface area contributed by atoms with Crippen LogP contribution in [0, 0.1) is 0 Å². The summed E-state index contributed by atoms with van der Waals surface area (Å²) in [6.45, 7) is 3.84. The van der Waals surface area contributed by atoms with E-state index in [1.807, 2.05) is 24.3 Å². The van der Waals surface area contributed by atoms with Crippen molar-refractivity contribution in [1.29, 1.82) is 0 Å². The molecule has 0 aliphatic carbocycles. The number of rotatable bonds is 10. The quantitative estimate of drug-likeness (QED) is 0.194. The minimum absolute atomic E-state index is 0.126. The zero-order valence-corrected chi connectivity index (χ0v) is 18.5. The van der Waals surface area contributed by atoms with Gasteiger partial charge < -0.3 is 4.74 Å². The van der Waals surface area contributed by atoms with Crippen molar-refractivity contribution in [3.63, 3.8) is 0 Å². The number of allylic oxidation sites excluding steroid dienone is 1. The molecule has 0 bridgehead atoms. The Labute approximate surface area is 181 Å². The Bertz CT molecular complexity index is 826. The number of methoxy groups -OCH3 is 1. The SMILES string of the molecule is C=CCCCCC(C(=O)OC)[P+](c1ccccc1)(c1ccccc1)c1ccccc1. The highest BCUT2D eigenvalue weighted by Crippen LogP contribution is 2.61. The lowest BCUT2D eigenvalue weighted by molar-refractivity contribution is -0.140. The zero-order chi connectivity index (χ0) is 21.2. The molecule has 3 heteroatoms. The smallest absolute Gasteiger partial charge is 0.347 e. The fourth-order valence-electron chi connectivity index (χ4n) is 4.21. The molecule has 0 aliphatic rings. The van der Waals surface area contributed by atoms with Crippen LogP contribution < -0.4 is 15.9 Å². The van der Waals surface area contributed by atoms with Gasteiger partial charge in [-0.05, 0) is 62.1 Å². The molecule has 30 heavy (non-hydrogen) atoms. The lowest BCUT2D eigenvalue weighted by Gasteiger charge is -2.33. The Balaban J connectivity index is 2.28. The largest absolute Gasteiger partial charge is 0.466 e. The van der Waals surface area contributed by atoms with Crippen molar-refractivity contribution < 1.29 is 9.53 Å². The molecular weight excluding hydrogens is 387 g/mol. The molecule has 2 nitrogen and oxygen atoms in total. The minimum Gasteiger partial charge on any atom is -0.466 e. The topological polar surface area (TPSA) is 26.3 Å². The molecule has 0 saturated carbocycles. The molecule has 0 spiro atoms. The summed E-state index contributed by atoms with van der Waals surface area (Å²) < 4.78 is 5.41. The number of unbranched alkanes of at least 4 members (excludes halogenated alkanes) is 2. The number of esters is 1. The van der Waals surface area contributed by atoms with Crippen LogP contribution in [0.4, 0.5) is 0 Å². The van der Waals surface area contributed by atoms with E-state index < -0.39 is 7.26 Å². The summed E-state index contributed by atoms with van der Waals surface area (Å²) in [7, 11) is -0.776. The maximum atomic E-state index is 13.3. The molecule has 1 atom stereocenters. The second-order valence-electron chi connectivity index (χ2n) is 7.34. The molecule has 1 unspecified atom stereocenters. The molecule has 0 N–H and O–H groups in total. The molecule has 3 aromatic carbocycles. The average Bonchev–Trinajstić information content (AvgIpc) is 2.82. The van der Waals surface area contributed by atoms with Crippen molar-refractivity contribution in [1.82, 2.24) is 0 Å². The van der Waals surface area contributed by atoms with Crippen LogP contribution in [-0.2, 0) is 9.53 Å². The Hall–Kier alpha value is -2.70. The maximum Gasteiger partial charge on any atom is 0.347 e. The number of carbonyl (C=O) groups is 1. The van der Waals surface area contributed by atoms with Crippen LogP contribution in [-0.4, -0.2) is 18.7 Å². The van der Waals surface area contributed by atoms with Crippen molar-refractivity contribution in [2.45, 2.75) is 31.3 Å². The van der Waals surface area contributed by atoms with Gasteiger partial charge in [0.1, 0.15) is 23.2 Å². The summed E-state index contributed by atoms with van der Waals surface area (Å²) in [6, 6.07) is 31.6. The van der Waals surface area contributed by atoms with Gasteiger partial charge in [-0.2, -0.15) is 0 Å². The lowest BCUT2D eigenvalue weighted by atomic mass is 10.1. The zero-order valence-electron chi connectivity index (χ0n) is 17.6. The summed E-state index contributed by atoms with van der Waals surface area (Å²) in [5, 5.41) is 3.63. The van der Waals surface area contributed by atoms with Gasteiger partial charge in [0.15, 0.2) is 5.66 Å². The van der Waals surface area contributed by atoms with Gasteiger partial charge in [-0.15, -0.1) is 6.58 Å². The first-order chi connectivity index (χ1) is 14.7. The number of hydrogen-bond donors (Lipinski definition) is 0. The minimum atomic E-state index is -2.29. The van der Waals surface area contributed by atoms with E-state index in [0.717, 1.165) is 25.7 Å². The molecule has 0 aromatic heterocycles. The van der Waals surface area contributed by atoms with E-state index in [1.165, 1.54) is 23.0 Å². The van der Waals surface area contributed by atoms with Crippen molar-refractivity contribution >= 4 is 29.1 Å². The molecule has 0 heterocycles. The normalized spacial score (nSPS) is 12.2. The third kappa shape index (κ3) is 4.55. The number of carbonyl (C=O) groups excluding carboxylic acids is 1. The van der Waals surface area contributed by atoms with E-state index >= 15 is 0 Å². The molecule has 0 amide bonds. The van der Waals surface area contributed by atoms with Gasteiger partial charge in [0.25, 0.3) is 0 Å². The highest BCUT2D eigenvalue weighted by molar-refractivity contribution is 7.96. The first-order valence-corrected chi connectivity index (χ1v) is 12.3. The van der Waals surface area contributed by atoms with Crippen LogP contribution in [0.1, 0.15) is 25.7 Å². The van der Waals surface area contributed by atoms with Crippen LogP contribution in [0.2, 0.25) is 0 Å². The van der Waals surface area contributed by atoms with Crippen molar-refractivity contribution in [3.05, 3.63) is 104 Å². The van der Waals surface area contributed by atoms with Crippen molar-refractivity contribution in [2.75, 3.05) is 7.11 Å². The monoisotopic (exact) mass is 417 g/mol. The van der Waals surface area contributed by atoms with Crippen LogP contribution in [0.5, 0.6) is 0 Å². The fraction of sp³-hybridized carbons (Fsp3) is 0.222. The summed E-state index contributed by atoms with van der Waals surface area (Å²) in [5.41, 5.74) is -0.237. The van der Waals surface area contributed by atoms with Crippen LogP contribution in [0.15, 0.2) is 104 Å². The predicted octanol–water partition coefficient (Wildman–Crippen LogP) is 5.27. The van der Waals surface area contributed by atoms with E-state index in [2.05, 4.69) is 79.4 Å². The van der Waals surface area contributed by atoms with E-state index in [4.69, 9.17) is 4.74 Å². The van der Waals surface area contributed by atoms with Gasteiger partial charge in [-0.25, -0.2) is 4.79 Å². The van der Waals surface area contributed by atoms with E-state index in [0.29, 0.717) is 0 Å². The molecule has 3 rings (SSSR count). The molecule has 154 valence electrons. The number of hydrogen-bond acceptors (Lipinski definition) is 2. The maximum absolute atomic E-state index is 13.3. The Morgan fingerprint density at radius 2 is 1.27 bits per heavy atom. The lowest BCUT2D eigenvalue weighted by Crippen LogP contribution is -2.43. The first kappa shape index (κ1) is 22.0. The molecule has 0 radical (unpaired) electrons. The highest BCUT2D eigenvalue weighted by Gasteiger charge is 2.55. The van der Waals surface area contributed by atoms with E-state index in [1.54, 1.807) is 0 Å². The highest BCUT2D eigenvalue weighted by atomic mass is 31.2. The predicted molar refractivity (Wildman–Crippen MR) is 130 cm³/mol. The van der Waals surface area contributed by atoms with E-state index in [-0.39, 0.29) is 11.6 Å². The van der Waals surface area contributed by atoms with E-state index in [9.17, 15) is 4.79 Å². The Kier molecular flexibility index (Phi) is 7.99. The second-order valence-corrected chi connectivity index (χ2v) is 11.0. The number of ether oxygens (including phenoxy) is 1. The Morgan fingerprint density at radius 1 is 0.833 bits per heavy atom. The van der Waals surface area contributed by atoms with Gasteiger partial charge in [0.05, 0.1) is 7.11 Å². The van der Waals surface area contributed by atoms with Gasteiger partial charge in [0.2, 0.25) is 0 Å². The van der Waals surface area contributed by atoms with Crippen molar-refractivity contribution in [2.24, 2.45) is 0 Å². The summed E-state index contributed by atoms with van der Waals surface area (Å²) in [5.74, 6) is -0.126. The molecular formula is C27H30O2P+. The van der Waals surface area contributed by atoms with Crippen molar-refractivity contribution in [3.8, 4) is 0 Å². The van der Waals surface area contributed by atoms with Crippen LogP contribution in [0.3, 0.4) is 0 Å². The average molecular weight is 418 g/mol. The fourth-order valence-corrected chi connectivity index (χ4v) is 9.10. The third-order valence-electron chi connectivity index (χ3n) is 5.57. The van der Waals surface area contributed by atoms with Gasteiger partial charge in [-0.1, -0.05) is 60.7 Å². The molecule has 0 fully saturated rings. The second kappa shape index (κ2) is 10.9.